The highest BCUT2D eigenvalue weighted by molar-refractivity contribution is 5.94. The summed E-state index contributed by atoms with van der Waals surface area (Å²) >= 11 is 0. The van der Waals surface area contributed by atoms with E-state index in [1.807, 2.05) is 20.8 Å². The third-order valence-electron chi connectivity index (χ3n) is 3.51. The summed E-state index contributed by atoms with van der Waals surface area (Å²) in [7, 11) is 0. The number of hydrogen-bond donors (Lipinski definition) is 2. The number of carbonyl (C=O) groups excluding carboxylic acids is 1. The molecule has 0 saturated carbocycles. The van der Waals surface area contributed by atoms with E-state index in [9.17, 15) is 9.18 Å². The van der Waals surface area contributed by atoms with E-state index in [0.29, 0.717) is 0 Å². The Hall–Kier alpha value is -1.86. The molecule has 2 N–H and O–H groups in total. The van der Waals surface area contributed by atoms with Crippen LogP contribution in [0.5, 0.6) is 0 Å². The van der Waals surface area contributed by atoms with Gasteiger partial charge in [-0.25, -0.2) is 4.39 Å². The van der Waals surface area contributed by atoms with Gasteiger partial charge in [-0.15, -0.1) is 0 Å². The summed E-state index contributed by atoms with van der Waals surface area (Å²) in [5.41, 5.74) is 0.151. The number of benzene rings is 1. The van der Waals surface area contributed by atoms with Crippen LogP contribution in [-0.4, -0.2) is 23.2 Å². The van der Waals surface area contributed by atoms with E-state index in [4.69, 9.17) is 5.11 Å². The molecule has 0 aliphatic carbocycles. The normalized spacial score (nSPS) is 10.7. The number of halogens is 1. The largest absolute Gasteiger partial charge is 0.384 e. The van der Waals surface area contributed by atoms with Gasteiger partial charge in [0, 0.05) is 11.1 Å². The van der Waals surface area contributed by atoms with Crippen LogP contribution in [0.25, 0.3) is 0 Å². The van der Waals surface area contributed by atoms with E-state index in [0.717, 1.165) is 12.8 Å². The third-order valence-corrected chi connectivity index (χ3v) is 3.51. The Kier molecular flexibility index (Phi) is 5.72. The van der Waals surface area contributed by atoms with Crippen molar-refractivity contribution in [1.82, 2.24) is 5.32 Å². The van der Waals surface area contributed by atoms with Crippen molar-refractivity contribution in [1.29, 1.82) is 0 Å². The smallest absolute Gasteiger partial charge is 0.251 e. The highest BCUT2D eigenvalue weighted by Gasteiger charge is 2.22. The lowest BCUT2D eigenvalue weighted by atomic mass is 9.95. The van der Waals surface area contributed by atoms with E-state index in [-0.39, 0.29) is 29.2 Å². The SMILES string of the molecule is CCC(C)(CC)NC(=O)c1ccc(C#CCO)c(F)c1. The standard InChI is InChI=1S/C16H20FNO2/c1-4-16(3,5-2)18-15(20)13-9-8-12(7-6-10-19)14(17)11-13/h8-9,11,19H,4-5,10H2,1-3H3,(H,18,20). The first-order valence-corrected chi connectivity index (χ1v) is 6.67. The predicted octanol–water partition coefficient (Wildman–Crippen LogP) is 2.48. The monoisotopic (exact) mass is 277 g/mol. The fourth-order valence-corrected chi connectivity index (χ4v) is 1.67. The summed E-state index contributed by atoms with van der Waals surface area (Å²) < 4.78 is 13.8. The van der Waals surface area contributed by atoms with Gasteiger partial charge in [-0.05, 0) is 38.0 Å². The highest BCUT2D eigenvalue weighted by atomic mass is 19.1. The van der Waals surface area contributed by atoms with Gasteiger partial charge >= 0.3 is 0 Å². The number of nitrogens with one attached hydrogen (secondary N) is 1. The van der Waals surface area contributed by atoms with Crippen molar-refractivity contribution in [3.63, 3.8) is 0 Å². The summed E-state index contributed by atoms with van der Waals surface area (Å²) in [6.45, 7) is 5.63. The van der Waals surface area contributed by atoms with Gasteiger partial charge in [-0.2, -0.15) is 0 Å². The van der Waals surface area contributed by atoms with Crippen LogP contribution in [0.4, 0.5) is 4.39 Å². The fourth-order valence-electron chi connectivity index (χ4n) is 1.67. The zero-order chi connectivity index (χ0) is 15.2. The zero-order valence-electron chi connectivity index (χ0n) is 12.1. The number of aliphatic hydroxyl groups excluding tert-OH is 1. The molecule has 3 nitrogen and oxygen atoms in total. The summed E-state index contributed by atoms with van der Waals surface area (Å²) in [4.78, 5) is 12.1. The Morgan fingerprint density at radius 3 is 2.55 bits per heavy atom. The molecule has 0 unspecified atom stereocenters. The first kappa shape index (κ1) is 16.2. The lowest BCUT2D eigenvalue weighted by Gasteiger charge is -2.28. The van der Waals surface area contributed by atoms with Crippen LogP contribution >= 0.6 is 0 Å². The first-order valence-electron chi connectivity index (χ1n) is 6.67. The summed E-state index contributed by atoms with van der Waals surface area (Å²) in [5, 5.41) is 11.5. The second-order valence-corrected chi connectivity index (χ2v) is 4.88. The third kappa shape index (κ3) is 4.07. The number of hydrogen-bond acceptors (Lipinski definition) is 2. The van der Waals surface area contributed by atoms with E-state index < -0.39 is 5.82 Å². The van der Waals surface area contributed by atoms with E-state index in [1.165, 1.54) is 18.2 Å². The van der Waals surface area contributed by atoms with E-state index in [1.54, 1.807) is 0 Å². The van der Waals surface area contributed by atoms with Crippen molar-refractivity contribution in [2.75, 3.05) is 6.61 Å². The van der Waals surface area contributed by atoms with Crippen molar-refractivity contribution in [3.8, 4) is 11.8 Å². The molecule has 0 heterocycles. The maximum absolute atomic E-state index is 13.8. The molecule has 1 amide bonds. The maximum atomic E-state index is 13.8. The molecule has 0 aromatic heterocycles. The minimum Gasteiger partial charge on any atom is -0.384 e. The lowest BCUT2D eigenvalue weighted by molar-refractivity contribution is 0.0900. The molecule has 0 fully saturated rings. The highest BCUT2D eigenvalue weighted by Crippen LogP contribution is 2.16. The minimum atomic E-state index is -0.562. The molecule has 0 aliphatic rings. The first-order chi connectivity index (χ1) is 9.45. The number of rotatable bonds is 4. The van der Waals surface area contributed by atoms with Crippen LogP contribution in [-0.2, 0) is 0 Å². The predicted molar refractivity (Wildman–Crippen MR) is 76.8 cm³/mol. The fraction of sp³-hybridized carbons (Fsp3) is 0.438. The summed E-state index contributed by atoms with van der Waals surface area (Å²) in [5.74, 6) is 4.01. The van der Waals surface area contributed by atoms with Crippen LogP contribution in [0.15, 0.2) is 18.2 Å². The molecule has 0 spiro atoms. The van der Waals surface area contributed by atoms with Gasteiger partial charge in [0.05, 0.1) is 5.56 Å². The molecule has 1 aromatic rings. The van der Waals surface area contributed by atoms with Gasteiger partial charge in [0.2, 0.25) is 0 Å². The van der Waals surface area contributed by atoms with Gasteiger partial charge in [0.15, 0.2) is 0 Å². The van der Waals surface area contributed by atoms with Crippen LogP contribution in [0, 0.1) is 17.7 Å². The second-order valence-electron chi connectivity index (χ2n) is 4.88. The van der Waals surface area contributed by atoms with Gasteiger partial charge in [-0.3, -0.25) is 4.79 Å². The average Bonchev–Trinajstić information content (AvgIpc) is 2.45. The van der Waals surface area contributed by atoms with E-state index in [2.05, 4.69) is 17.2 Å². The topological polar surface area (TPSA) is 49.3 Å². The van der Waals surface area contributed by atoms with Gasteiger partial charge < -0.3 is 10.4 Å². The van der Waals surface area contributed by atoms with Crippen LogP contribution in [0.3, 0.4) is 0 Å². The molecule has 1 aromatic carbocycles. The van der Waals surface area contributed by atoms with E-state index >= 15 is 0 Å². The molecule has 0 saturated heterocycles. The van der Waals surface area contributed by atoms with Gasteiger partial charge in [0.1, 0.15) is 12.4 Å². The van der Waals surface area contributed by atoms with Crippen LogP contribution < -0.4 is 5.32 Å². The lowest BCUT2D eigenvalue weighted by Crippen LogP contribution is -2.44. The molecule has 0 bridgehead atoms. The van der Waals surface area contributed by atoms with Gasteiger partial charge in [-0.1, -0.05) is 25.7 Å². The quantitative estimate of drug-likeness (QED) is 0.831. The maximum Gasteiger partial charge on any atom is 0.251 e. The Balaban J connectivity index is 2.93. The van der Waals surface area contributed by atoms with Crippen molar-refractivity contribution in [3.05, 3.63) is 35.1 Å². The molecule has 108 valence electrons. The molecule has 0 atom stereocenters. The average molecular weight is 277 g/mol. The molecule has 0 radical (unpaired) electrons. The molecule has 20 heavy (non-hydrogen) atoms. The number of carbonyl (C=O) groups is 1. The van der Waals surface area contributed by atoms with Crippen LogP contribution in [0.1, 0.15) is 49.5 Å². The van der Waals surface area contributed by atoms with Gasteiger partial charge in [0.25, 0.3) is 5.91 Å². The van der Waals surface area contributed by atoms with Crippen molar-refractivity contribution in [2.24, 2.45) is 0 Å². The minimum absolute atomic E-state index is 0.171. The van der Waals surface area contributed by atoms with Crippen LogP contribution in [0.2, 0.25) is 0 Å². The molecular formula is C16H20FNO2. The molecule has 4 heteroatoms. The Morgan fingerprint density at radius 2 is 2.05 bits per heavy atom. The molecule has 0 aliphatic heterocycles. The summed E-state index contributed by atoms with van der Waals surface area (Å²) in [6.07, 6.45) is 1.61. The number of amides is 1. The molecule has 1 rings (SSSR count). The Morgan fingerprint density at radius 1 is 1.40 bits per heavy atom. The summed E-state index contributed by atoms with van der Waals surface area (Å²) in [6, 6.07) is 4.15. The zero-order valence-corrected chi connectivity index (χ0v) is 12.1. The second kappa shape index (κ2) is 7.06. The number of aliphatic hydroxyl groups is 1. The Labute approximate surface area is 119 Å². The molecular weight excluding hydrogens is 257 g/mol. The van der Waals surface area contributed by atoms with Crippen molar-refractivity contribution < 1.29 is 14.3 Å². The van der Waals surface area contributed by atoms with Crippen molar-refractivity contribution in [2.45, 2.75) is 39.2 Å². The Bertz CT molecular complexity index is 539. The van der Waals surface area contributed by atoms with Crippen molar-refractivity contribution >= 4 is 5.91 Å².